The van der Waals surface area contributed by atoms with Crippen molar-refractivity contribution in [2.75, 3.05) is 6.61 Å². The van der Waals surface area contributed by atoms with Gasteiger partial charge in [0.25, 0.3) is 0 Å². The Morgan fingerprint density at radius 1 is 1.44 bits per heavy atom. The van der Waals surface area contributed by atoms with E-state index in [9.17, 15) is 18.0 Å². The summed E-state index contributed by atoms with van der Waals surface area (Å²) in [4.78, 5) is 15.0. The molecule has 0 spiro atoms. The number of aromatic nitrogens is 2. The summed E-state index contributed by atoms with van der Waals surface area (Å²) in [7, 11) is 0. The Kier molecular flexibility index (Phi) is 5.69. The fraction of sp³-hybridized carbons (Fsp3) is 0.333. The number of carbonyl (C=O) groups excluding carboxylic acids is 1. The van der Waals surface area contributed by atoms with E-state index in [0.29, 0.717) is 0 Å². The van der Waals surface area contributed by atoms with Crippen molar-refractivity contribution in [1.29, 1.82) is 5.26 Å². The maximum Gasteiger partial charge on any atom is 0.433 e. The molecule has 0 aliphatic carbocycles. The highest BCUT2D eigenvalue weighted by molar-refractivity contribution is 7.98. The van der Waals surface area contributed by atoms with Gasteiger partial charge in [-0.25, -0.2) is 9.78 Å². The van der Waals surface area contributed by atoms with Gasteiger partial charge in [-0.05, 0) is 25.5 Å². The number of rotatable bonds is 5. The van der Waals surface area contributed by atoms with E-state index in [4.69, 9.17) is 14.5 Å². The van der Waals surface area contributed by atoms with Crippen LogP contribution in [-0.4, -0.2) is 22.7 Å². The molecule has 0 radical (unpaired) electrons. The average Bonchev–Trinajstić information content (AvgIpc) is 3.01. The van der Waals surface area contributed by atoms with Crippen LogP contribution in [0.1, 0.15) is 40.0 Å². The summed E-state index contributed by atoms with van der Waals surface area (Å²) in [6.45, 7) is 3.22. The highest BCUT2D eigenvalue weighted by atomic mass is 32.2. The Morgan fingerprint density at radius 3 is 2.76 bits per heavy atom. The number of aryl methyl sites for hydroxylation is 1. The lowest BCUT2D eigenvalue weighted by molar-refractivity contribution is -0.141. The van der Waals surface area contributed by atoms with Crippen LogP contribution in [0.3, 0.4) is 0 Å². The van der Waals surface area contributed by atoms with Crippen LogP contribution in [0.4, 0.5) is 13.2 Å². The summed E-state index contributed by atoms with van der Waals surface area (Å²) < 4.78 is 48.3. The van der Waals surface area contributed by atoms with E-state index >= 15 is 0 Å². The highest BCUT2D eigenvalue weighted by Crippen LogP contribution is 2.33. The zero-order chi connectivity index (χ0) is 18.6. The van der Waals surface area contributed by atoms with E-state index < -0.39 is 17.8 Å². The van der Waals surface area contributed by atoms with Gasteiger partial charge in [-0.1, -0.05) is 16.9 Å². The van der Waals surface area contributed by atoms with Gasteiger partial charge in [0, 0.05) is 6.07 Å². The van der Waals surface area contributed by atoms with Crippen molar-refractivity contribution in [3.63, 3.8) is 0 Å². The number of hydrogen-bond donors (Lipinski definition) is 0. The molecule has 0 N–H and O–H groups in total. The van der Waals surface area contributed by atoms with E-state index in [1.807, 2.05) is 6.07 Å². The summed E-state index contributed by atoms with van der Waals surface area (Å²) in [6.07, 6.45) is -4.61. The Labute approximate surface area is 145 Å². The van der Waals surface area contributed by atoms with Crippen molar-refractivity contribution in [3.05, 3.63) is 40.4 Å². The molecule has 2 rings (SSSR count). The zero-order valence-electron chi connectivity index (χ0n) is 13.2. The lowest BCUT2D eigenvalue weighted by Gasteiger charge is -2.10. The number of nitriles is 1. The van der Waals surface area contributed by atoms with E-state index in [0.717, 1.165) is 17.8 Å². The first kappa shape index (κ1) is 18.8. The van der Waals surface area contributed by atoms with Crippen molar-refractivity contribution in [3.8, 4) is 6.07 Å². The third kappa shape index (κ3) is 4.51. The summed E-state index contributed by atoms with van der Waals surface area (Å²) in [6, 6.07) is 4.01. The van der Waals surface area contributed by atoms with Crippen molar-refractivity contribution in [2.45, 2.75) is 30.8 Å². The van der Waals surface area contributed by atoms with Crippen molar-refractivity contribution < 1.29 is 27.2 Å². The van der Waals surface area contributed by atoms with Gasteiger partial charge in [-0.2, -0.15) is 18.4 Å². The zero-order valence-corrected chi connectivity index (χ0v) is 14.0. The maximum atomic E-state index is 12.9. The summed E-state index contributed by atoms with van der Waals surface area (Å²) in [5, 5.41) is 12.6. The molecule has 0 bridgehead atoms. The predicted octanol–water partition coefficient (Wildman–Crippen LogP) is 3.74. The van der Waals surface area contributed by atoms with Crippen LogP contribution in [0.15, 0.2) is 21.7 Å². The van der Waals surface area contributed by atoms with Crippen molar-refractivity contribution in [2.24, 2.45) is 0 Å². The minimum Gasteiger partial charge on any atom is -0.461 e. The molecule has 0 amide bonds. The van der Waals surface area contributed by atoms with E-state index in [2.05, 4.69) is 10.1 Å². The molecule has 0 unspecified atom stereocenters. The van der Waals surface area contributed by atoms with Gasteiger partial charge < -0.3 is 9.26 Å². The second kappa shape index (κ2) is 7.57. The lowest BCUT2D eigenvalue weighted by atomic mass is 10.1. The second-order valence-corrected chi connectivity index (χ2v) is 5.77. The standard InChI is InChI=1S/C15H12F3N3O3S/c1-3-23-14(22)11-5-9(24-21-11)7-25-13-10(6-19)8(2)4-12(20-13)15(16,17)18/h4-5H,3,7H2,1-2H3. The molecule has 0 fully saturated rings. The van der Waals surface area contributed by atoms with Crippen LogP contribution in [0.25, 0.3) is 0 Å². The van der Waals surface area contributed by atoms with Crippen LogP contribution in [0.5, 0.6) is 0 Å². The predicted molar refractivity (Wildman–Crippen MR) is 80.7 cm³/mol. The molecule has 0 aliphatic heterocycles. The number of carbonyl (C=O) groups is 1. The van der Waals surface area contributed by atoms with Gasteiger partial charge in [-0.3, -0.25) is 0 Å². The molecule has 0 saturated heterocycles. The number of ether oxygens (including phenoxy) is 1. The first-order valence-corrected chi connectivity index (χ1v) is 7.99. The van der Waals surface area contributed by atoms with Crippen molar-refractivity contribution in [1.82, 2.24) is 10.1 Å². The topological polar surface area (TPSA) is 89.0 Å². The minimum absolute atomic E-state index is 0.0360. The Balaban J connectivity index is 2.22. The van der Waals surface area contributed by atoms with Gasteiger partial charge in [-0.15, -0.1) is 0 Å². The van der Waals surface area contributed by atoms with Crippen LogP contribution in [0, 0.1) is 18.3 Å². The first-order valence-electron chi connectivity index (χ1n) is 7.00. The molecule has 10 heteroatoms. The molecule has 6 nitrogen and oxygen atoms in total. The highest BCUT2D eigenvalue weighted by Gasteiger charge is 2.34. The summed E-state index contributed by atoms with van der Waals surface area (Å²) in [5.41, 5.74) is -0.873. The molecular weight excluding hydrogens is 359 g/mol. The monoisotopic (exact) mass is 371 g/mol. The molecule has 2 aromatic rings. The Bertz CT molecular complexity index is 828. The minimum atomic E-state index is -4.61. The molecular formula is C15H12F3N3O3S. The molecule has 0 aromatic carbocycles. The fourth-order valence-corrected chi connectivity index (χ4v) is 2.78. The number of hydrogen-bond acceptors (Lipinski definition) is 7. The smallest absolute Gasteiger partial charge is 0.433 e. The van der Waals surface area contributed by atoms with Gasteiger partial charge in [0.1, 0.15) is 22.5 Å². The largest absolute Gasteiger partial charge is 0.461 e. The quantitative estimate of drug-likeness (QED) is 0.584. The van der Waals surface area contributed by atoms with Gasteiger partial charge in [0.15, 0.2) is 5.69 Å². The number of pyridine rings is 1. The Hall–Kier alpha value is -2.54. The number of halogens is 3. The maximum absolute atomic E-state index is 12.9. The van der Waals surface area contributed by atoms with Crippen LogP contribution in [0.2, 0.25) is 0 Å². The normalized spacial score (nSPS) is 11.2. The third-order valence-electron chi connectivity index (χ3n) is 2.98. The molecule has 2 heterocycles. The molecule has 132 valence electrons. The van der Waals surface area contributed by atoms with E-state index in [1.165, 1.54) is 13.0 Å². The molecule has 0 aliphatic rings. The third-order valence-corrected chi connectivity index (χ3v) is 3.98. The van der Waals surface area contributed by atoms with E-state index in [1.54, 1.807) is 6.92 Å². The van der Waals surface area contributed by atoms with Gasteiger partial charge in [0.05, 0.1) is 17.9 Å². The molecule has 0 saturated carbocycles. The number of alkyl halides is 3. The average molecular weight is 371 g/mol. The van der Waals surface area contributed by atoms with Crippen molar-refractivity contribution >= 4 is 17.7 Å². The van der Waals surface area contributed by atoms with E-state index in [-0.39, 0.29) is 40.0 Å². The van der Waals surface area contributed by atoms with Gasteiger partial charge >= 0.3 is 12.1 Å². The summed E-state index contributed by atoms with van der Waals surface area (Å²) >= 11 is 0.888. The lowest BCUT2D eigenvalue weighted by Crippen LogP contribution is -2.10. The fourth-order valence-electron chi connectivity index (χ4n) is 1.85. The molecule has 25 heavy (non-hydrogen) atoms. The van der Waals surface area contributed by atoms with Crippen LogP contribution in [-0.2, 0) is 16.7 Å². The van der Waals surface area contributed by atoms with Gasteiger partial charge in [0.2, 0.25) is 0 Å². The Morgan fingerprint density at radius 2 is 2.16 bits per heavy atom. The second-order valence-electron chi connectivity index (χ2n) is 4.80. The number of nitrogens with zero attached hydrogens (tertiary/aromatic N) is 3. The number of esters is 1. The number of thioether (sulfide) groups is 1. The molecule has 0 atom stereocenters. The molecule has 2 aromatic heterocycles. The van der Waals surface area contributed by atoms with Crippen LogP contribution < -0.4 is 0 Å². The first-order chi connectivity index (χ1) is 11.8. The summed E-state index contributed by atoms with van der Waals surface area (Å²) in [5.74, 6) is -0.364. The van der Waals surface area contributed by atoms with Crippen LogP contribution >= 0.6 is 11.8 Å². The SMILES string of the molecule is CCOC(=O)c1cc(CSc2nc(C(F)(F)F)cc(C)c2C#N)on1.